The fraction of sp³-hybridized carbons (Fsp3) is 0.400. The minimum absolute atomic E-state index is 0.0693. The molecule has 0 aliphatic rings. The van der Waals surface area contributed by atoms with Crippen molar-refractivity contribution < 1.29 is 9.90 Å². The van der Waals surface area contributed by atoms with Gasteiger partial charge >= 0.3 is 5.97 Å². The maximum Gasteiger partial charge on any atom is 0.354 e. The summed E-state index contributed by atoms with van der Waals surface area (Å²) in [6.45, 7) is 5.77. The molecular formula is C10H12N4O3. The Morgan fingerprint density at radius 1 is 1.41 bits per heavy atom. The topological polar surface area (TPSA) is 100 Å². The van der Waals surface area contributed by atoms with Gasteiger partial charge in [0, 0.05) is 11.5 Å². The predicted molar refractivity (Wildman–Crippen MR) is 59.3 cm³/mol. The van der Waals surface area contributed by atoms with Crippen LogP contribution in [0.15, 0.2) is 10.9 Å². The molecule has 2 N–H and O–H groups in total. The number of rotatable bonds is 1. The Balaban J connectivity index is 2.74. The quantitative estimate of drug-likeness (QED) is 0.747. The average molecular weight is 236 g/mol. The van der Waals surface area contributed by atoms with Crippen LogP contribution in [-0.4, -0.2) is 30.7 Å². The van der Waals surface area contributed by atoms with Crippen molar-refractivity contribution in [3.8, 4) is 0 Å². The Kier molecular flexibility index (Phi) is 2.27. The standard InChI is InChI=1S/C10H12N4O3/c1-10(2,3)8-12-9-11-5(7(16)17)4-6(15)14(9)13-8/h4H,1-3H3,(H,16,17)(H,11,12,13). The van der Waals surface area contributed by atoms with Crippen LogP contribution >= 0.6 is 0 Å². The molecule has 0 amide bonds. The molecule has 0 fully saturated rings. The van der Waals surface area contributed by atoms with E-state index in [2.05, 4.69) is 15.1 Å². The molecule has 2 heterocycles. The van der Waals surface area contributed by atoms with Gasteiger partial charge in [-0.1, -0.05) is 20.8 Å². The van der Waals surface area contributed by atoms with Crippen molar-refractivity contribution in [2.45, 2.75) is 26.2 Å². The van der Waals surface area contributed by atoms with Crippen LogP contribution < -0.4 is 5.56 Å². The van der Waals surface area contributed by atoms with Crippen molar-refractivity contribution >= 4 is 11.7 Å². The van der Waals surface area contributed by atoms with Gasteiger partial charge < -0.3 is 5.11 Å². The van der Waals surface area contributed by atoms with E-state index >= 15 is 0 Å². The number of H-pyrrole nitrogens is 1. The Labute approximate surface area is 96.1 Å². The van der Waals surface area contributed by atoms with Gasteiger partial charge in [-0.2, -0.15) is 9.50 Å². The lowest BCUT2D eigenvalue weighted by Gasteiger charge is -2.12. The molecule has 0 saturated heterocycles. The molecule has 0 saturated carbocycles. The van der Waals surface area contributed by atoms with Crippen LogP contribution in [0.1, 0.15) is 37.1 Å². The van der Waals surface area contributed by atoms with E-state index in [1.165, 1.54) is 0 Å². The summed E-state index contributed by atoms with van der Waals surface area (Å²) in [5.41, 5.74) is -1.07. The van der Waals surface area contributed by atoms with Crippen molar-refractivity contribution in [3.63, 3.8) is 0 Å². The first-order valence-electron chi connectivity index (χ1n) is 5.02. The molecule has 7 heteroatoms. The zero-order valence-electron chi connectivity index (χ0n) is 9.68. The zero-order chi connectivity index (χ0) is 12.8. The summed E-state index contributed by atoms with van der Waals surface area (Å²) >= 11 is 0. The Hall–Kier alpha value is -2.18. The molecule has 7 nitrogen and oxygen atoms in total. The monoisotopic (exact) mass is 236 g/mol. The first-order valence-corrected chi connectivity index (χ1v) is 5.02. The molecule has 2 aromatic heterocycles. The van der Waals surface area contributed by atoms with Gasteiger partial charge in [-0.3, -0.25) is 9.89 Å². The second kappa shape index (κ2) is 3.41. The van der Waals surface area contributed by atoms with Crippen LogP contribution in [-0.2, 0) is 5.41 Å². The molecule has 2 aromatic rings. The van der Waals surface area contributed by atoms with E-state index < -0.39 is 11.5 Å². The molecule has 0 spiro atoms. The lowest BCUT2D eigenvalue weighted by molar-refractivity contribution is 0.0690. The summed E-state index contributed by atoms with van der Waals surface area (Å²) in [7, 11) is 0. The van der Waals surface area contributed by atoms with E-state index in [0.29, 0.717) is 5.82 Å². The number of aromatic amines is 1. The SMILES string of the molecule is CC(C)(C)c1nc2nc(C(=O)O)cc(=O)n2[nH]1. The minimum Gasteiger partial charge on any atom is -0.477 e. The van der Waals surface area contributed by atoms with Gasteiger partial charge in [0.05, 0.1) is 0 Å². The Morgan fingerprint density at radius 3 is 2.59 bits per heavy atom. The number of carboxylic acids is 1. The molecular weight excluding hydrogens is 224 g/mol. The summed E-state index contributed by atoms with van der Waals surface area (Å²) in [5.74, 6) is -0.602. The normalized spacial score (nSPS) is 11.9. The highest BCUT2D eigenvalue weighted by Gasteiger charge is 2.20. The van der Waals surface area contributed by atoms with Crippen molar-refractivity contribution in [1.29, 1.82) is 0 Å². The highest BCUT2D eigenvalue weighted by atomic mass is 16.4. The minimum atomic E-state index is -1.25. The van der Waals surface area contributed by atoms with Gasteiger partial charge in [-0.15, -0.1) is 0 Å². The van der Waals surface area contributed by atoms with Gasteiger partial charge in [-0.05, 0) is 0 Å². The van der Waals surface area contributed by atoms with Crippen LogP contribution in [0.3, 0.4) is 0 Å². The lowest BCUT2D eigenvalue weighted by atomic mass is 9.96. The molecule has 0 unspecified atom stereocenters. The van der Waals surface area contributed by atoms with Crippen LogP contribution in [0, 0.1) is 0 Å². The summed E-state index contributed by atoms with van der Waals surface area (Å²) in [6.07, 6.45) is 0. The third kappa shape index (κ3) is 1.91. The summed E-state index contributed by atoms with van der Waals surface area (Å²) in [4.78, 5) is 30.3. The summed E-state index contributed by atoms with van der Waals surface area (Å²) in [5, 5.41) is 11.6. The number of hydrogen-bond acceptors (Lipinski definition) is 4. The number of hydrogen-bond donors (Lipinski definition) is 2. The predicted octanol–water partition coefficient (Wildman–Crippen LogP) is 0.413. The third-order valence-electron chi connectivity index (χ3n) is 2.26. The van der Waals surface area contributed by atoms with Gasteiger partial charge in [0.15, 0.2) is 5.69 Å². The van der Waals surface area contributed by atoms with E-state index in [0.717, 1.165) is 10.6 Å². The van der Waals surface area contributed by atoms with Crippen LogP contribution in [0.5, 0.6) is 0 Å². The highest BCUT2D eigenvalue weighted by molar-refractivity contribution is 5.85. The van der Waals surface area contributed by atoms with E-state index in [4.69, 9.17) is 5.11 Å². The second-order valence-electron chi connectivity index (χ2n) is 4.74. The Bertz CT molecular complexity index is 648. The number of aromatic nitrogens is 4. The van der Waals surface area contributed by atoms with Crippen molar-refractivity contribution in [1.82, 2.24) is 19.6 Å². The maximum atomic E-state index is 11.6. The lowest BCUT2D eigenvalue weighted by Crippen LogP contribution is -2.18. The molecule has 0 aromatic carbocycles. The van der Waals surface area contributed by atoms with Crippen LogP contribution in [0.25, 0.3) is 5.78 Å². The maximum absolute atomic E-state index is 11.6. The first-order chi connectivity index (χ1) is 7.79. The third-order valence-corrected chi connectivity index (χ3v) is 2.26. The Morgan fingerprint density at radius 2 is 2.06 bits per heavy atom. The van der Waals surface area contributed by atoms with E-state index in [9.17, 15) is 9.59 Å². The van der Waals surface area contributed by atoms with Crippen molar-refractivity contribution in [2.75, 3.05) is 0 Å². The molecule has 0 bridgehead atoms. The molecule has 0 aliphatic carbocycles. The highest BCUT2D eigenvalue weighted by Crippen LogP contribution is 2.17. The number of carbonyl (C=O) groups is 1. The van der Waals surface area contributed by atoms with Crippen LogP contribution in [0.4, 0.5) is 0 Å². The smallest absolute Gasteiger partial charge is 0.354 e. The van der Waals surface area contributed by atoms with Crippen molar-refractivity contribution in [2.24, 2.45) is 0 Å². The van der Waals surface area contributed by atoms with Crippen molar-refractivity contribution in [3.05, 3.63) is 27.9 Å². The van der Waals surface area contributed by atoms with E-state index in [1.54, 1.807) is 0 Å². The van der Waals surface area contributed by atoms with Crippen LogP contribution in [0.2, 0.25) is 0 Å². The number of nitrogens with zero attached hydrogens (tertiary/aromatic N) is 3. The number of fused-ring (bicyclic) bond motifs is 1. The summed E-state index contributed by atoms with van der Waals surface area (Å²) < 4.78 is 1.13. The molecule has 90 valence electrons. The molecule has 0 atom stereocenters. The largest absolute Gasteiger partial charge is 0.477 e. The van der Waals surface area contributed by atoms with Gasteiger partial charge in [-0.25, -0.2) is 9.78 Å². The zero-order valence-corrected chi connectivity index (χ0v) is 9.68. The first kappa shape index (κ1) is 11.3. The second-order valence-corrected chi connectivity index (χ2v) is 4.74. The fourth-order valence-corrected chi connectivity index (χ4v) is 1.33. The average Bonchev–Trinajstić information content (AvgIpc) is 2.60. The summed E-state index contributed by atoms with van der Waals surface area (Å²) in [6, 6.07) is 0.958. The van der Waals surface area contributed by atoms with Gasteiger partial charge in [0.2, 0.25) is 0 Å². The van der Waals surface area contributed by atoms with Gasteiger partial charge in [0.25, 0.3) is 11.3 Å². The number of carboxylic acid groups (broad SMARTS) is 1. The fourth-order valence-electron chi connectivity index (χ4n) is 1.33. The van der Waals surface area contributed by atoms with Gasteiger partial charge in [0.1, 0.15) is 5.82 Å². The van der Waals surface area contributed by atoms with E-state index in [-0.39, 0.29) is 16.9 Å². The molecule has 0 radical (unpaired) electrons. The molecule has 2 rings (SSSR count). The van der Waals surface area contributed by atoms with E-state index in [1.807, 2.05) is 20.8 Å². The molecule has 0 aliphatic heterocycles. The number of aromatic carboxylic acids is 1. The molecule has 17 heavy (non-hydrogen) atoms. The number of nitrogens with one attached hydrogen (secondary N) is 1.